The summed E-state index contributed by atoms with van der Waals surface area (Å²) in [5.41, 5.74) is -3.86. The van der Waals surface area contributed by atoms with Gasteiger partial charge in [-0.2, -0.15) is 14.0 Å². The molecule has 8 rings (SSSR count). The Labute approximate surface area is 350 Å². The van der Waals surface area contributed by atoms with Gasteiger partial charge in [0, 0.05) is 12.8 Å². The Morgan fingerprint density at radius 1 is 1.03 bits per heavy atom. The largest absolute Gasteiger partial charge is 0.471 e. The number of hydrogen-bond donors (Lipinski definition) is 3. The minimum Gasteiger partial charge on any atom is -0.471 e. The zero-order valence-corrected chi connectivity index (χ0v) is 35.0. The minimum absolute atomic E-state index is 0.0625. The lowest BCUT2D eigenvalue weighted by molar-refractivity contribution is -0.143. The van der Waals surface area contributed by atoms with Gasteiger partial charge in [0.2, 0.25) is 34.1 Å². The van der Waals surface area contributed by atoms with Gasteiger partial charge < -0.3 is 25.0 Å². The third-order valence-corrected chi connectivity index (χ3v) is 15.7. The molecule has 4 aliphatic carbocycles. The fourth-order valence-corrected chi connectivity index (χ4v) is 10.7. The molecule has 1 aromatic heterocycles. The zero-order valence-electron chi connectivity index (χ0n) is 34.2. The fourth-order valence-electron chi connectivity index (χ4n) is 9.40. The van der Waals surface area contributed by atoms with E-state index in [0.717, 1.165) is 11.3 Å². The summed E-state index contributed by atoms with van der Waals surface area (Å²) in [4.78, 5) is 66.0. The van der Waals surface area contributed by atoms with Gasteiger partial charge in [-0.1, -0.05) is 27.2 Å². The van der Waals surface area contributed by atoms with Crippen LogP contribution in [-0.4, -0.2) is 94.6 Å². The number of alkyl carbamates (subject to hydrolysis) is 1. The van der Waals surface area contributed by atoms with Crippen LogP contribution in [0.15, 0.2) is 18.2 Å². The van der Waals surface area contributed by atoms with Crippen LogP contribution in [0.1, 0.15) is 103 Å². The van der Waals surface area contributed by atoms with Crippen LogP contribution >= 0.6 is 0 Å². The number of benzene rings is 1. The minimum atomic E-state index is -4.31. The average molecular weight is 876 g/mol. The summed E-state index contributed by atoms with van der Waals surface area (Å²) in [6, 6.07) is 3.17. The topological polar surface area (TPSA) is 210 Å². The highest BCUT2D eigenvalue weighted by atomic mass is 32.2. The number of nitrogens with one attached hydrogen (secondary N) is 3. The van der Waals surface area contributed by atoms with Gasteiger partial charge in [0.05, 0.1) is 39.9 Å². The molecule has 5 fully saturated rings. The monoisotopic (exact) mass is 875 g/mol. The summed E-state index contributed by atoms with van der Waals surface area (Å²) in [7, 11) is -4.31. The first kappa shape index (κ1) is 42.9. The van der Waals surface area contributed by atoms with E-state index in [2.05, 4.69) is 20.6 Å². The first-order valence-corrected chi connectivity index (χ1v) is 22.3. The average Bonchev–Trinajstić information content (AvgIpc) is 4.14. The van der Waals surface area contributed by atoms with Crippen LogP contribution in [0, 0.1) is 40.4 Å². The van der Waals surface area contributed by atoms with Crippen LogP contribution in [0.2, 0.25) is 0 Å². The molecule has 6 aliphatic rings. The van der Waals surface area contributed by atoms with Gasteiger partial charge in [-0.3, -0.25) is 19.1 Å². The van der Waals surface area contributed by atoms with Crippen molar-refractivity contribution in [2.24, 2.45) is 29.1 Å². The van der Waals surface area contributed by atoms with Crippen molar-refractivity contribution in [1.29, 1.82) is 5.26 Å². The molecular formula is C41H49F4N7O8S. The van der Waals surface area contributed by atoms with Crippen LogP contribution < -0.4 is 20.1 Å². The van der Waals surface area contributed by atoms with Crippen LogP contribution in [0.4, 0.5) is 22.4 Å². The lowest BCUT2D eigenvalue weighted by Gasteiger charge is -2.36. The summed E-state index contributed by atoms with van der Waals surface area (Å²) < 4.78 is 100. The van der Waals surface area contributed by atoms with E-state index in [1.807, 2.05) is 10.8 Å². The molecule has 0 spiro atoms. The SMILES string of the molecule is CC(C)(C)[C@@H]1NC(=O)O[C@@H]2C[C@@H]3C[C@@H]3[C@H]2CCCCC(F)(F)c2nc3ccc(C#N)cc3nc2O[C@@H]2C[C@@H](C(=O)N[C@]3(C(=O)NS(=O)(=O)C4(C)CC4)C[C@H]3C(F)F)N(C2)C1=O. The molecular weight excluding hydrogens is 827 g/mol. The van der Waals surface area contributed by atoms with Crippen LogP contribution in [0.5, 0.6) is 5.88 Å². The number of rotatable bonds is 6. The Balaban J connectivity index is 1.16. The third-order valence-electron chi connectivity index (χ3n) is 13.6. The number of carbonyl (C=O) groups excluding carboxylic acids is 4. The van der Waals surface area contributed by atoms with Gasteiger partial charge in [-0.25, -0.2) is 32.0 Å². The molecule has 3 heterocycles. The Morgan fingerprint density at radius 2 is 1.77 bits per heavy atom. The maximum atomic E-state index is 16.4. The number of hydrogen-bond acceptors (Lipinski definition) is 11. The maximum Gasteiger partial charge on any atom is 0.408 e. The molecule has 20 heteroatoms. The number of sulfonamides is 1. The Hall–Kier alpha value is -4.80. The van der Waals surface area contributed by atoms with E-state index in [9.17, 15) is 41.6 Å². The molecule has 1 aromatic carbocycles. The van der Waals surface area contributed by atoms with Gasteiger partial charge in [0.25, 0.3) is 11.8 Å². The van der Waals surface area contributed by atoms with Crippen molar-refractivity contribution in [3.05, 3.63) is 29.5 Å². The number of nitriles is 1. The molecule has 0 unspecified atom stereocenters. The lowest BCUT2D eigenvalue weighted by atomic mass is 9.85. The van der Waals surface area contributed by atoms with Gasteiger partial charge in [-0.15, -0.1) is 0 Å². The van der Waals surface area contributed by atoms with Gasteiger partial charge in [0.1, 0.15) is 29.8 Å². The lowest BCUT2D eigenvalue weighted by Crippen LogP contribution is -2.60. The van der Waals surface area contributed by atoms with E-state index < -0.39 is 129 Å². The standard InChI is InChI=1S/C41H49F4N7O8S/c1-38(2,3)31-35(54)52-19-22(16-28(52)33(53)50-40(17-25(40)32(42)43)36(55)51-61(57,58)39(4)11-12-39)59-34-30(47-26-9-8-20(18-46)13-27(26)48-34)41(44,45)10-6-5-7-23-24-14-21(24)15-29(23)60-37(56)49-31/h8-9,13,21-25,28-29,31-32H,5-7,10-12,14-17,19H2,1-4H3,(H,49,56)(H,50,53)(H,51,55)/t21-,22+,23+,24-,25-,28-,29+,31+,40+/m0/s1. The van der Waals surface area contributed by atoms with Crippen LogP contribution in [0.3, 0.4) is 0 Å². The molecule has 9 atom stereocenters. The second kappa shape index (κ2) is 14.9. The van der Waals surface area contributed by atoms with E-state index >= 15 is 8.78 Å². The summed E-state index contributed by atoms with van der Waals surface area (Å²) in [6.45, 7) is 5.94. The molecule has 2 aliphatic heterocycles. The molecule has 4 amide bonds. The molecule has 4 saturated carbocycles. The fraction of sp³-hybridized carbons (Fsp3) is 0.683. The predicted molar refractivity (Wildman–Crippen MR) is 207 cm³/mol. The first-order valence-electron chi connectivity index (χ1n) is 20.8. The molecule has 0 radical (unpaired) electrons. The normalized spacial score (nSPS) is 33.0. The van der Waals surface area contributed by atoms with Crippen molar-refractivity contribution >= 4 is 44.9 Å². The molecule has 2 aromatic rings. The Bertz CT molecular complexity index is 2320. The van der Waals surface area contributed by atoms with Crippen molar-refractivity contribution in [1.82, 2.24) is 30.2 Å². The Kier molecular flexibility index (Phi) is 10.5. The van der Waals surface area contributed by atoms with Crippen molar-refractivity contribution < 1.29 is 54.6 Å². The first-order chi connectivity index (χ1) is 28.6. The van der Waals surface area contributed by atoms with Gasteiger partial charge in [0.15, 0.2) is 5.69 Å². The predicted octanol–water partition coefficient (Wildman–Crippen LogP) is 4.82. The molecule has 330 valence electrons. The van der Waals surface area contributed by atoms with E-state index in [1.54, 1.807) is 20.8 Å². The highest BCUT2D eigenvalue weighted by molar-refractivity contribution is 7.91. The van der Waals surface area contributed by atoms with Crippen LogP contribution in [0.25, 0.3) is 11.0 Å². The van der Waals surface area contributed by atoms with E-state index in [1.165, 1.54) is 25.1 Å². The van der Waals surface area contributed by atoms with E-state index in [0.29, 0.717) is 25.2 Å². The van der Waals surface area contributed by atoms with Gasteiger partial charge >= 0.3 is 6.09 Å². The summed E-state index contributed by atoms with van der Waals surface area (Å²) >= 11 is 0. The number of ether oxygens (including phenoxy) is 2. The maximum absolute atomic E-state index is 16.4. The number of alkyl halides is 4. The summed E-state index contributed by atoms with van der Waals surface area (Å²) in [5, 5.41) is 14.6. The van der Waals surface area contributed by atoms with Crippen LogP contribution in [-0.2, 0) is 35.1 Å². The quantitative estimate of drug-likeness (QED) is 0.335. The van der Waals surface area contributed by atoms with E-state index in [4.69, 9.17) is 9.47 Å². The van der Waals surface area contributed by atoms with Crippen molar-refractivity contribution in [2.45, 2.75) is 139 Å². The second-order valence-electron chi connectivity index (χ2n) is 19.1. The second-order valence-corrected chi connectivity index (χ2v) is 21.3. The molecule has 2 bridgehead atoms. The number of amides is 4. The number of fused-ring (bicyclic) bond motifs is 7. The molecule has 15 nitrogen and oxygen atoms in total. The smallest absolute Gasteiger partial charge is 0.408 e. The molecule has 1 saturated heterocycles. The van der Waals surface area contributed by atoms with Crippen molar-refractivity contribution in [3.8, 4) is 11.9 Å². The number of aromatic nitrogens is 2. The number of nitrogens with zero attached hydrogens (tertiary/aromatic N) is 4. The van der Waals surface area contributed by atoms with Crippen molar-refractivity contribution in [2.75, 3.05) is 6.54 Å². The molecule has 61 heavy (non-hydrogen) atoms. The number of halogens is 4. The summed E-state index contributed by atoms with van der Waals surface area (Å²) in [6.07, 6.45) is -4.41. The highest BCUT2D eigenvalue weighted by Gasteiger charge is 2.67. The van der Waals surface area contributed by atoms with E-state index in [-0.39, 0.29) is 47.7 Å². The Morgan fingerprint density at radius 3 is 2.43 bits per heavy atom. The zero-order chi connectivity index (χ0) is 44.0. The third kappa shape index (κ3) is 8.06. The summed E-state index contributed by atoms with van der Waals surface area (Å²) in [5.74, 6) is -8.68. The highest BCUT2D eigenvalue weighted by Crippen LogP contribution is 2.58. The molecule has 3 N–H and O–H groups in total. The van der Waals surface area contributed by atoms with Crippen molar-refractivity contribution in [3.63, 3.8) is 0 Å². The van der Waals surface area contributed by atoms with Gasteiger partial charge in [-0.05, 0) is 93.2 Å². The number of carbonyl (C=O) groups is 4.